The molecule has 2 unspecified atom stereocenters. The van der Waals surface area contributed by atoms with E-state index in [1.807, 2.05) is 0 Å². The predicted octanol–water partition coefficient (Wildman–Crippen LogP) is 3.99. The molecule has 172 valence electrons. The maximum Gasteiger partial charge on any atom is 0.416 e. The number of likely N-dealkylation sites (tertiary alicyclic amines) is 1. The Morgan fingerprint density at radius 1 is 1.03 bits per heavy atom. The molecule has 7 nitrogen and oxygen atoms in total. The summed E-state index contributed by atoms with van der Waals surface area (Å²) in [4.78, 5) is 21.2. The van der Waals surface area contributed by atoms with Gasteiger partial charge in [-0.15, -0.1) is 0 Å². The highest BCUT2D eigenvalue weighted by molar-refractivity contribution is 5.75. The summed E-state index contributed by atoms with van der Waals surface area (Å²) in [7, 11) is 0. The van der Waals surface area contributed by atoms with E-state index in [2.05, 4.69) is 10.1 Å². The fourth-order valence-corrected chi connectivity index (χ4v) is 4.52. The Hall–Kier alpha value is -2.62. The van der Waals surface area contributed by atoms with E-state index in [4.69, 9.17) is 9.26 Å². The lowest BCUT2D eigenvalue weighted by Gasteiger charge is -2.40. The van der Waals surface area contributed by atoms with Crippen LogP contribution in [-0.4, -0.2) is 65.4 Å². The Morgan fingerprint density at radius 2 is 1.78 bits per heavy atom. The Labute approximate surface area is 183 Å². The van der Waals surface area contributed by atoms with Crippen LogP contribution in [0, 0.1) is 0 Å². The molecule has 3 heterocycles. The minimum absolute atomic E-state index is 0.128. The molecule has 1 aromatic carbocycles. The molecule has 0 spiro atoms. The van der Waals surface area contributed by atoms with Gasteiger partial charge in [-0.3, -0.25) is 0 Å². The first kappa shape index (κ1) is 21.2. The molecule has 1 aromatic heterocycles. The zero-order valence-corrected chi connectivity index (χ0v) is 17.6. The minimum Gasteiger partial charge on any atom is -0.378 e. The number of amides is 2. The van der Waals surface area contributed by atoms with Gasteiger partial charge < -0.3 is 19.1 Å². The normalized spacial score (nSPS) is 24.6. The molecule has 0 bridgehead atoms. The molecule has 1 aliphatic carbocycles. The van der Waals surface area contributed by atoms with Crippen molar-refractivity contribution in [2.24, 2.45) is 0 Å². The van der Waals surface area contributed by atoms with Crippen molar-refractivity contribution >= 4 is 6.03 Å². The van der Waals surface area contributed by atoms with Crippen LogP contribution in [0.15, 0.2) is 28.8 Å². The molecule has 0 radical (unpaired) electrons. The molecule has 2 amide bonds. The van der Waals surface area contributed by atoms with Gasteiger partial charge in [-0.1, -0.05) is 23.4 Å². The van der Waals surface area contributed by atoms with Crippen molar-refractivity contribution in [2.45, 2.75) is 43.2 Å². The number of carbonyl (C=O) groups excluding carboxylic acids is 1. The van der Waals surface area contributed by atoms with Crippen molar-refractivity contribution in [3.63, 3.8) is 0 Å². The zero-order chi connectivity index (χ0) is 22.3. The van der Waals surface area contributed by atoms with E-state index in [1.165, 1.54) is 12.1 Å². The first-order valence-electron chi connectivity index (χ1n) is 11.0. The van der Waals surface area contributed by atoms with E-state index in [0.717, 1.165) is 18.9 Å². The number of morpholine rings is 1. The van der Waals surface area contributed by atoms with Gasteiger partial charge in [-0.25, -0.2) is 4.79 Å². The molecule has 2 saturated heterocycles. The lowest BCUT2D eigenvalue weighted by molar-refractivity contribution is -0.137. The van der Waals surface area contributed by atoms with Crippen LogP contribution in [0.3, 0.4) is 0 Å². The van der Waals surface area contributed by atoms with Crippen LogP contribution in [0.25, 0.3) is 0 Å². The van der Waals surface area contributed by atoms with Crippen molar-refractivity contribution in [2.75, 3.05) is 39.4 Å². The summed E-state index contributed by atoms with van der Waals surface area (Å²) in [5, 5.41) is 4.09. The molecule has 5 rings (SSSR count). The van der Waals surface area contributed by atoms with Gasteiger partial charge in [0.25, 0.3) is 0 Å². The van der Waals surface area contributed by atoms with Gasteiger partial charge in [-0.2, -0.15) is 18.2 Å². The molecule has 32 heavy (non-hydrogen) atoms. The zero-order valence-electron chi connectivity index (χ0n) is 17.6. The smallest absolute Gasteiger partial charge is 0.378 e. The molecule has 3 aliphatic rings. The van der Waals surface area contributed by atoms with Crippen LogP contribution in [0.5, 0.6) is 0 Å². The van der Waals surface area contributed by atoms with Gasteiger partial charge in [0.15, 0.2) is 5.82 Å². The van der Waals surface area contributed by atoms with E-state index >= 15 is 0 Å². The van der Waals surface area contributed by atoms with Crippen LogP contribution in [0.1, 0.15) is 59.9 Å². The summed E-state index contributed by atoms with van der Waals surface area (Å²) in [5.74, 6) is 0.989. The monoisotopic (exact) mass is 450 g/mol. The highest BCUT2D eigenvalue weighted by atomic mass is 19.4. The minimum atomic E-state index is -4.42. The van der Waals surface area contributed by atoms with E-state index in [1.54, 1.807) is 15.9 Å². The third kappa shape index (κ3) is 4.46. The van der Waals surface area contributed by atoms with Gasteiger partial charge in [0.2, 0.25) is 5.89 Å². The van der Waals surface area contributed by atoms with E-state index in [9.17, 15) is 18.0 Å². The summed E-state index contributed by atoms with van der Waals surface area (Å²) in [6.45, 7) is 2.71. The van der Waals surface area contributed by atoms with Crippen LogP contribution >= 0.6 is 0 Å². The fourth-order valence-electron chi connectivity index (χ4n) is 4.52. The molecular weight excluding hydrogens is 425 g/mol. The van der Waals surface area contributed by atoms with Crippen LogP contribution < -0.4 is 0 Å². The highest BCUT2D eigenvalue weighted by Crippen LogP contribution is 2.41. The predicted molar refractivity (Wildman–Crippen MR) is 107 cm³/mol. The largest absolute Gasteiger partial charge is 0.416 e. The average Bonchev–Trinajstić information content (AvgIpc) is 3.54. The second kappa shape index (κ2) is 8.38. The van der Waals surface area contributed by atoms with Gasteiger partial charge in [0.05, 0.1) is 24.7 Å². The Morgan fingerprint density at radius 3 is 2.50 bits per heavy atom. The Kier molecular flexibility index (Phi) is 5.56. The summed E-state index contributed by atoms with van der Waals surface area (Å²) in [5.41, 5.74) is -0.122. The van der Waals surface area contributed by atoms with Crippen molar-refractivity contribution in [1.29, 1.82) is 0 Å². The maximum atomic E-state index is 13.3. The molecule has 1 saturated carbocycles. The fraction of sp³-hybridized carbons (Fsp3) is 0.591. The third-order valence-electron chi connectivity index (χ3n) is 6.44. The maximum absolute atomic E-state index is 13.3. The summed E-state index contributed by atoms with van der Waals surface area (Å²) in [6.07, 6.45) is -1.80. The number of piperidine rings is 1. The first-order chi connectivity index (χ1) is 15.4. The number of aromatic nitrogens is 2. The second-order valence-electron chi connectivity index (χ2n) is 8.80. The number of ether oxygens (including phenoxy) is 1. The number of nitrogens with zero attached hydrogens (tertiary/aromatic N) is 4. The van der Waals surface area contributed by atoms with Crippen LogP contribution in [0.2, 0.25) is 0 Å². The number of alkyl halides is 3. The first-order valence-corrected chi connectivity index (χ1v) is 11.0. The summed E-state index contributed by atoms with van der Waals surface area (Å²) in [6, 6.07) is 5.25. The summed E-state index contributed by atoms with van der Waals surface area (Å²) < 4.78 is 50.7. The quantitative estimate of drug-likeness (QED) is 0.707. The molecule has 2 atom stereocenters. The van der Waals surface area contributed by atoms with Gasteiger partial charge in [0.1, 0.15) is 0 Å². The van der Waals surface area contributed by atoms with Gasteiger partial charge in [-0.05, 0) is 30.9 Å². The summed E-state index contributed by atoms with van der Waals surface area (Å²) >= 11 is 0. The lowest BCUT2D eigenvalue weighted by Crippen LogP contribution is -2.52. The molecule has 10 heteroatoms. The Bertz CT molecular complexity index is 969. The number of benzene rings is 1. The van der Waals surface area contributed by atoms with Gasteiger partial charge in [0, 0.05) is 38.0 Å². The average molecular weight is 450 g/mol. The van der Waals surface area contributed by atoms with E-state index in [-0.39, 0.29) is 17.9 Å². The van der Waals surface area contributed by atoms with E-state index < -0.39 is 11.7 Å². The standard InChI is InChI=1S/C22H25F3N4O3/c23-22(24,25)18-3-1-2-15(11-18)16-10-17(20-26-19(27-32-20)14-4-5-14)13-29(12-16)21(30)28-6-8-31-9-7-28/h1-3,11,14,16-17H,4-10,12-13H2. The highest BCUT2D eigenvalue weighted by Gasteiger charge is 2.38. The number of carbonyl (C=O) groups is 1. The SMILES string of the molecule is O=C(N1CCOCC1)N1CC(c2cccc(C(F)(F)F)c2)CC(c2nc(C3CC3)no2)C1. The third-order valence-corrected chi connectivity index (χ3v) is 6.44. The van der Waals surface area contributed by atoms with Gasteiger partial charge >= 0.3 is 12.2 Å². The Balaban J connectivity index is 1.42. The van der Waals surface area contributed by atoms with Crippen molar-refractivity contribution in [3.05, 3.63) is 47.1 Å². The molecular formula is C22H25F3N4O3. The number of hydrogen-bond acceptors (Lipinski definition) is 5. The van der Waals surface area contributed by atoms with Crippen molar-refractivity contribution in [1.82, 2.24) is 19.9 Å². The topological polar surface area (TPSA) is 71.7 Å². The number of urea groups is 1. The number of rotatable bonds is 3. The molecule has 0 N–H and O–H groups in total. The molecule has 2 aromatic rings. The van der Waals surface area contributed by atoms with Crippen molar-refractivity contribution < 1.29 is 27.2 Å². The lowest BCUT2D eigenvalue weighted by atomic mass is 9.84. The molecule has 2 aliphatic heterocycles. The number of halogens is 3. The van der Waals surface area contributed by atoms with Crippen LogP contribution in [-0.2, 0) is 10.9 Å². The van der Waals surface area contributed by atoms with Crippen LogP contribution in [0.4, 0.5) is 18.0 Å². The second-order valence-corrected chi connectivity index (χ2v) is 8.80. The van der Waals surface area contributed by atoms with E-state index in [0.29, 0.717) is 69.0 Å². The molecule has 3 fully saturated rings. The van der Waals surface area contributed by atoms with Crippen molar-refractivity contribution in [3.8, 4) is 0 Å². The number of hydrogen-bond donors (Lipinski definition) is 0.